The van der Waals surface area contributed by atoms with Gasteiger partial charge in [-0.3, -0.25) is 4.90 Å². The Morgan fingerprint density at radius 2 is 1.33 bits per heavy atom. The molecule has 5 heterocycles. The van der Waals surface area contributed by atoms with Crippen molar-refractivity contribution in [1.82, 2.24) is 4.90 Å². The third kappa shape index (κ3) is 7.42. The van der Waals surface area contributed by atoms with Gasteiger partial charge in [0, 0.05) is 18.6 Å². The van der Waals surface area contributed by atoms with Gasteiger partial charge in [-0.05, 0) is 111 Å². The van der Waals surface area contributed by atoms with Gasteiger partial charge in [-0.15, -0.1) is 0 Å². The minimum absolute atomic E-state index is 0.00462. The molecule has 9 aliphatic rings. The summed E-state index contributed by atoms with van der Waals surface area (Å²) in [7, 11) is 0. The highest BCUT2D eigenvalue weighted by Crippen LogP contribution is 2.70. The highest BCUT2D eigenvalue weighted by Gasteiger charge is 2.66. The molecule has 4 aliphatic carbocycles. The number of fused-ring (bicyclic) bond motifs is 9. The van der Waals surface area contributed by atoms with E-state index in [1.54, 1.807) is 0 Å². The quantitative estimate of drug-likeness (QED) is 0.148. The minimum atomic E-state index is -1.83. The maximum absolute atomic E-state index is 11.6. The Labute approximate surface area is 359 Å². The van der Waals surface area contributed by atoms with Crippen LogP contribution in [0.5, 0.6) is 0 Å². The van der Waals surface area contributed by atoms with Crippen LogP contribution in [0.3, 0.4) is 0 Å². The van der Waals surface area contributed by atoms with Crippen molar-refractivity contribution in [3.8, 4) is 0 Å². The summed E-state index contributed by atoms with van der Waals surface area (Å²) in [6.07, 6.45) is -11.1. The first kappa shape index (κ1) is 45.3. The number of hydrogen-bond donors (Lipinski definition) is 9. The molecule has 0 bridgehead atoms. The number of piperidine rings is 1. The maximum atomic E-state index is 11.6. The normalized spacial score (nSPS) is 57.3. The van der Waals surface area contributed by atoms with Crippen LogP contribution in [0.15, 0.2) is 11.6 Å². The van der Waals surface area contributed by atoms with Crippen LogP contribution in [0.1, 0.15) is 92.4 Å². The van der Waals surface area contributed by atoms with E-state index < -0.39 is 105 Å². The second-order valence-electron chi connectivity index (χ2n) is 21.2. The average molecular weight is 868 g/mol. The van der Waals surface area contributed by atoms with E-state index in [-0.39, 0.29) is 11.5 Å². The predicted octanol–water partition coefficient (Wildman–Crippen LogP) is 0.155. The third-order valence-corrected chi connectivity index (χ3v) is 18.0. The molecule has 0 spiro atoms. The second-order valence-corrected chi connectivity index (χ2v) is 21.2. The largest absolute Gasteiger partial charge is 0.394 e. The molecule has 348 valence electrons. The lowest BCUT2D eigenvalue weighted by Gasteiger charge is -2.58. The molecule has 0 aromatic rings. The minimum Gasteiger partial charge on any atom is -0.394 e. The Morgan fingerprint density at radius 1 is 0.672 bits per heavy atom. The zero-order valence-corrected chi connectivity index (χ0v) is 36.3. The summed E-state index contributed by atoms with van der Waals surface area (Å²) in [6.45, 7) is 11.4. The summed E-state index contributed by atoms with van der Waals surface area (Å²) in [6, 6.07) is 1.43. The molecule has 9 rings (SSSR count). The molecule has 0 radical (unpaired) electrons. The van der Waals surface area contributed by atoms with E-state index in [1.807, 2.05) is 0 Å². The molecule has 0 unspecified atom stereocenters. The number of aliphatic hydroxyl groups excluding tert-OH is 9. The van der Waals surface area contributed by atoms with Gasteiger partial charge in [-0.1, -0.05) is 39.3 Å². The molecule has 0 aromatic heterocycles. The summed E-state index contributed by atoms with van der Waals surface area (Å²) in [5.41, 5.74) is 1.72. The Balaban J connectivity index is 0.952. The molecule has 16 heteroatoms. The molecule has 0 amide bonds. The van der Waals surface area contributed by atoms with Crippen LogP contribution < -0.4 is 0 Å². The number of allylic oxidation sites excluding steroid dienone is 1. The number of rotatable bonds is 8. The lowest BCUT2D eigenvalue weighted by Crippen LogP contribution is -2.67. The smallest absolute Gasteiger partial charge is 0.187 e. The SMILES string of the molecule is C[C@H]1CC[C@@H]2[C@@H](C)[C@H]3[C@H](C[C@H]4[C@@H]5CC=C6C[C@@H](O[C@H]7O[C@H](CO)[C@H](O)[C@H](O[C@H]8O[C@H](CO)[C@@H](O)[C@H](O)[C@H]8O)[C@H]7O[C@H]7O[C@@H](C)[C@H](O)[C@@H](O)[C@H]7O)CC[C@]6(C)[C@H]5CC[C@]34C)N2C1. The van der Waals surface area contributed by atoms with E-state index in [1.165, 1.54) is 51.1 Å². The van der Waals surface area contributed by atoms with Crippen LogP contribution in [0.4, 0.5) is 0 Å². The summed E-state index contributed by atoms with van der Waals surface area (Å²) in [4.78, 5) is 2.94. The van der Waals surface area contributed by atoms with Gasteiger partial charge in [0.15, 0.2) is 18.9 Å². The van der Waals surface area contributed by atoms with E-state index in [0.29, 0.717) is 42.1 Å². The van der Waals surface area contributed by atoms with Gasteiger partial charge in [0.25, 0.3) is 0 Å². The molecule has 9 N–H and O–H groups in total. The Morgan fingerprint density at radius 3 is 2.05 bits per heavy atom. The van der Waals surface area contributed by atoms with Crippen molar-refractivity contribution in [2.24, 2.45) is 46.3 Å². The molecule has 61 heavy (non-hydrogen) atoms. The highest BCUT2D eigenvalue weighted by molar-refractivity contribution is 5.27. The van der Waals surface area contributed by atoms with Gasteiger partial charge < -0.3 is 74.4 Å². The molecule has 0 aromatic carbocycles. The van der Waals surface area contributed by atoms with Crippen molar-refractivity contribution in [2.45, 2.75) is 203 Å². The summed E-state index contributed by atoms with van der Waals surface area (Å²) in [5, 5.41) is 95.8. The topological polar surface area (TPSA) is 241 Å². The molecular weight excluding hydrogens is 794 g/mol. The predicted molar refractivity (Wildman–Crippen MR) is 215 cm³/mol. The zero-order chi connectivity index (χ0) is 43.4. The van der Waals surface area contributed by atoms with Gasteiger partial charge in [-0.2, -0.15) is 0 Å². The molecule has 5 saturated heterocycles. The van der Waals surface area contributed by atoms with Crippen molar-refractivity contribution >= 4 is 0 Å². The Bertz CT molecular complexity index is 1590. The van der Waals surface area contributed by atoms with E-state index in [0.717, 1.165) is 36.6 Å². The zero-order valence-electron chi connectivity index (χ0n) is 36.3. The van der Waals surface area contributed by atoms with Crippen molar-refractivity contribution in [3.63, 3.8) is 0 Å². The maximum Gasteiger partial charge on any atom is 0.187 e. The van der Waals surface area contributed by atoms with E-state index >= 15 is 0 Å². The standard InChI is InChI=1S/C45H73NO15/c1-19-6-9-27-20(2)31-28(46(27)16-19)15-26-24-8-7-22-14-23(10-12-44(22,4)25(24)11-13-45(26,31)5)57-43-40(61-41-37(54)35(52)32(49)21(3)56-41)39(34(51)30(18-48)59-43)60-42-38(55)36(53)33(50)29(17-47)58-42/h7,19-21,23-43,47-55H,6,8-18H2,1-5H3/t19-,20+,21-,23-,24+,25-,26-,27+,28-,29+,30+,31-,32-,33+,34-,35+,36-,37+,38+,39-,40+,41+,42+,43-,44-,45-/m0/s1. The Hall–Kier alpha value is -0.900. The van der Waals surface area contributed by atoms with Crippen LogP contribution in [-0.2, 0) is 28.4 Å². The van der Waals surface area contributed by atoms with Crippen molar-refractivity contribution < 1.29 is 74.4 Å². The van der Waals surface area contributed by atoms with Gasteiger partial charge in [-0.25, -0.2) is 0 Å². The lowest BCUT2D eigenvalue weighted by molar-refractivity contribution is -0.394. The number of aliphatic hydroxyl groups is 9. The lowest BCUT2D eigenvalue weighted by atomic mass is 9.47. The summed E-state index contributed by atoms with van der Waals surface area (Å²) in [5.74, 6) is 4.15. The fourth-order valence-corrected chi connectivity index (χ4v) is 14.7. The first-order valence-electron chi connectivity index (χ1n) is 23.4. The molecule has 16 nitrogen and oxygen atoms in total. The Kier molecular flexibility index (Phi) is 12.7. The van der Waals surface area contributed by atoms with Crippen LogP contribution in [0.2, 0.25) is 0 Å². The molecule has 8 fully saturated rings. The second kappa shape index (κ2) is 17.1. The van der Waals surface area contributed by atoms with E-state index in [2.05, 4.69) is 38.7 Å². The van der Waals surface area contributed by atoms with Gasteiger partial charge >= 0.3 is 0 Å². The summed E-state index contributed by atoms with van der Waals surface area (Å²) < 4.78 is 36.8. The van der Waals surface area contributed by atoms with Crippen LogP contribution in [0, 0.1) is 46.3 Å². The van der Waals surface area contributed by atoms with Crippen LogP contribution >= 0.6 is 0 Å². The first-order valence-corrected chi connectivity index (χ1v) is 23.4. The fourth-order valence-electron chi connectivity index (χ4n) is 14.7. The molecule has 5 aliphatic heterocycles. The van der Waals surface area contributed by atoms with Gasteiger partial charge in [0.1, 0.15) is 67.1 Å². The third-order valence-electron chi connectivity index (χ3n) is 18.0. The van der Waals surface area contributed by atoms with Crippen molar-refractivity contribution in [2.75, 3.05) is 19.8 Å². The van der Waals surface area contributed by atoms with E-state index in [9.17, 15) is 46.0 Å². The highest BCUT2D eigenvalue weighted by atomic mass is 16.8. The van der Waals surface area contributed by atoms with Crippen LogP contribution in [-0.4, -0.2) is 181 Å². The average Bonchev–Trinajstić information content (AvgIpc) is 3.71. The summed E-state index contributed by atoms with van der Waals surface area (Å²) >= 11 is 0. The van der Waals surface area contributed by atoms with E-state index in [4.69, 9.17) is 28.4 Å². The molecule has 26 atom stereocenters. The van der Waals surface area contributed by atoms with Crippen LogP contribution in [0.25, 0.3) is 0 Å². The monoisotopic (exact) mass is 867 g/mol. The molecular formula is C45H73NO15. The van der Waals surface area contributed by atoms with Crippen molar-refractivity contribution in [1.29, 1.82) is 0 Å². The van der Waals surface area contributed by atoms with Gasteiger partial charge in [0.2, 0.25) is 0 Å². The van der Waals surface area contributed by atoms with Gasteiger partial charge in [0.05, 0.1) is 25.4 Å². The first-order chi connectivity index (χ1) is 29.0. The fraction of sp³-hybridized carbons (Fsp3) is 0.956. The van der Waals surface area contributed by atoms with Crippen molar-refractivity contribution in [3.05, 3.63) is 11.6 Å². The number of hydrogen-bond acceptors (Lipinski definition) is 16. The number of nitrogens with zero attached hydrogens (tertiary/aromatic N) is 1. The molecule has 3 saturated carbocycles. The number of ether oxygens (including phenoxy) is 6.